The molecule has 0 spiro atoms. The highest BCUT2D eigenvalue weighted by Crippen LogP contribution is 2.43. The van der Waals surface area contributed by atoms with Gasteiger partial charge in [0.05, 0.1) is 17.2 Å². The minimum Gasteiger partial charge on any atom is -0.508 e. The van der Waals surface area contributed by atoms with Gasteiger partial charge in [0, 0.05) is 74.2 Å². The summed E-state index contributed by atoms with van der Waals surface area (Å²) in [4.78, 5) is 36.2. The van der Waals surface area contributed by atoms with Gasteiger partial charge in [0.1, 0.15) is 5.75 Å². The van der Waals surface area contributed by atoms with E-state index in [1.807, 2.05) is 59.5 Å². The number of nitrogens with zero attached hydrogens (tertiary/aromatic N) is 4. The van der Waals surface area contributed by atoms with Crippen molar-refractivity contribution in [3.63, 3.8) is 0 Å². The van der Waals surface area contributed by atoms with Crippen LogP contribution >= 0.6 is 0 Å². The molecule has 0 unspecified atom stereocenters. The summed E-state index contributed by atoms with van der Waals surface area (Å²) in [5, 5.41) is 10.1. The van der Waals surface area contributed by atoms with Crippen molar-refractivity contribution >= 4 is 23.2 Å². The number of ether oxygens (including phenoxy) is 3. The predicted molar refractivity (Wildman–Crippen MR) is 206 cm³/mol. The van der Waals surface area contributed by atoms with Crippen molar-refractivity contribution in [2.24, 2.45) is 0 Å². The molecule has 54 heavy (non-hydrogen) atoms. The summed E-state index contributed by atoms with van der Waals surface area (Å²) in [6.45, 7) is 4.04. The zero-order chi connectivity index (χ0) is 36.8. The van der Waals surface area contributed by atoms with Gasteiger partial charge < -0.3 is 28.8 Å². The van der Waals surface area contributed by atoms with Gasteiger partial charge in [0.25, 0.3) is 11.8 Å². The topological polar surface area (TPSA) is 96.7 Å². The van der Waals surface area contributed by atoms with E-state index in [-0.39, 0.29) is 36.5 Å². The molecule has 0 aliphatic carbocycles. The molecule has 276 valence electrons. The number of carbonyl (C=O) groups excluding carboxylic acids is 2. The summed E-state index contributed by atoms with van der Waals surface area (Å²) < 4.78 is 19.5. The summed E-state index contributed by atoms with van der Waals surface area (Å²) in [5.41, 5.74) is 7.43. The number of likely N-dealkylation sites (tertiary alicyclic amines) is 1. The van der Waals surface area contributed by atoms with E-state index in [0.717, 1.165) is 86.5 Å². The Bertz CT molecular complexity index is 2190. The predicted octanol–water partition coefficient (Wildman–Crippen LogP) is 7.19. The number of aromatic nitrogens is 1. The normalized spacial score (nSPS) is 17.8. The highest BCUT2D eigenvalue weighted by molar-refractivity contribution is 6.12. The number of hydrogen-bond acceptors (Lipinski definition) is 7. The van der Waals surface area contributed by atoms with Gasteiger partial charge in [0.2, 0.25) is 6.79 Å². The lowest BCUT2D eigenvalue weighted by molar-refractivity contribution is -0.0324. The molecule has 10 heteroatoms. The van der Waals surface area contributed by atoms with Gasteiger partial charge in [-0.2, -0.15) is 0 Å². The van der Waals surface area contributed by atoms with E-state index in [1.165, 1.54) is 5.56 Å². The number of rotatable bonds is 9. The van der Waals surface area contributed by atoms with Crippen molar-refractivity contribution in [3.05, 3.63) is 125 Å². The molecule has 0 radical (unpaired) electrons. The molecule has 1 aromatic heterocycles. The lowest BCUT2D eigenvalue weighted by Crippen LogP contribution is -2.53. The van der Waals surface area contributed by atoms with Crippen LogP contribution in [0.3, 0.4) is 0 Å². The summed E-state index contributed by atoms with van der Waals surface area (Å²) in [5.74, 6) is 1.03. The van der Waals surface area contributed by atoms with Crippen molar-refractivity contribution < 1.29 is 28.9 Å². The third kappa shape index (κ3) is 6.29. The molecule has 5 aromatic rings. The third-order valence-electron chi connectivity index (χ3n) is 11.5. The number of para-hydroxylation sites is 1. The first-order chi connectivity index (χ1) is 26.4. The van der Waals surface area contributed by atoms with E-state index >= 15 is 4.79 Å². The molecule has 4 aromatic carbocycles. The number of hydrogen-bond donors (Lipinski definition) is 1. The summed E-state index contributed by atoms with van der Waals surface area (Å²) in [6.07, 6.45) is 4.56. The largest absolute Gasteiger partial charge is 0.508 e. The van der Waals surface area contributed by atoms with Crippen LogP contribution in [0.2, 0.25) is 0 Å². The van der Waals surface area contributed by atoms with Crippen molar-refractivity contribution in [3.8, 4) is 28.5 Å². The highest BCUT2D eigenvalue weighted by Gasteiger charge is 2.36. The first kappa shape index (κ1) is 34.2. The van der Waals surface area contributed by atoms with Gasteiger partial charge in [-0.15, -0.1) is 0 Å². The average molecular weight is 725 g/mol. The van der Waals surface area contributed by atoms with Crippen LogP contribution in [-0.2, 0) is 30.7 Å². The number of anilines is 2. The molecule has 4 aliphatic rings. The Morgan fingerprint density at radius 1 is 0.852 bits per heavy atom. The Kier molecular flexibility index (Phi) is 9.08. The second-order valence-corrected chi connectivity index (χ2v) is 14.7. The van der Waals surface area contributed by atoms with Gasteiger partial charge in [-0.25, -0.2) is 0 Å². The molecule has 1 atom stereocenters. The Morgan fingerprint density at radius 3 is 2.35 bits per heavy atom. The van der Waals surface area contributed by atoms with Crippen LogP contribution in [0.25, 0.3) is 11.3 Å². The maximum absolute atomic E-state index is 15.1. The molecule has 4 aliphatic heterocycles. The van der Waals surface area contributed by atoms with Crippen molar-refractivity contribution in [2.75, 3.05) is 38.4 Å². The third-order valence-corrected chi connectivity index (χ3v) is 11.5. The molecule has 1 fully saturated rings. The number of aromatic hydroxyl groups is 1. The summed E-state index contributed by atoms with van der Waals surface area (Å²) in [6, 6.07) is 30.4. The first-order valence-corrected chi connectivity index (χ1v) is 18.9. The molecule has 1 N–H and O–H groups in total. The van der Waals surface area contributed by atoms with Crippen LogP contribution < -0.4 is 14.4 Å². The fraction of sp³-hybridized carbons (Fsp3) is 0.318. The molecule has 1 saturated heterocycles. The summed E-state index contributed by atoms with van der Waals surface area (Å²) in [7, 11) is 1.76. The lowest BCUT2D eigenvalue weighted by Gasteiger charge is -2.42. The standard InChI is InChI=1S/C44H44N4O6/c1-52-35-26-45(27-35)20-18-33-21-29-9-5-6-10-30(29)25-47(33)43(50)37-24-42-41(53-28-54-42)23-36(37)40-22-38(39-13-7-8-19-46(39)40)44(51)48(31-11-3-2-4-12-31)32-14-16-34(49)17-15-32/h2-6,9-12,14-17,22-24,33,35,49H,7-8,13,18-21,25-28H2,1H3/t33-/m1/s1. The average Bonchev–Trinajstić information content (AvgIpc) is 3.82. The smallest absolute Gasteiger partial charge is 0.264 e. The van der Waals surface area contributed by atoms with E-state index < -0.39 is 0 Å². The minimum absolute atomic E-state index is 0.00961. The summed E-state index contributed by atoms with van der Waals surface area (Å²) >= 11 is 0. The fourth-order valence-corrected chi connectivity index (χ4v) is 8.52. The van der Waals surface area contributed by atoms with E-state index in [4.69, 9.17) is 14.2 Å². The van der Waals surface area contributed by atoms with Gasteiger partial charge >= 0.3 is 0 Å². The van der Waals surface area contributed by atoms with E-state index in [9.17, 15) is 9.90 Å². The monoisotopic (exact) mass is 724 g/mol. The maximum atomic E-state index is 15.1. The molecule has 0 bridgehead atoms. The van der Waals surface area contributed by atoms with Crippen LogP contribution in [0.1, 0.15) is 56.8 Å². The quantitative estimate of drug-likeness (QED) is 0.172. The molecule has 10 nitrogen and oxygen atoms in total. The van der Waals surface area contributed by atoms with Crippen molar-refractivity contribution in [1.82, 2.24) is 14.4 Å². The first-order valence-electron chi connectivity index (χ1n) is 18.9. The number of fused-ring (bicyclic) bond motifs is 3. The lowest BCUT2D eigenvalue weighted by atomic mass is 9.90. The molecular weight excluding hydrogens is 681 g/mol. The molecular formula is C44H44N4O6. The Balaban J connectivity index is 1.12. The zero-order valence-corrected chi connectivity index (χ0v) is 30.4. The van der Waals surface area contributed by atoms with Gasteiger partial charge in [-0.1, -0.05) is 42.5 Å². The number of benzene rings is 4. The van der Waals surface area contributed by atoms with Crippen LogP contribution in [0.5, 0.6) is 17.2 Å². The van der Waals surface area contributed by atoms with Crippen molar-refractivity contribution in [1.29, 1.82) is 0 Å². The SMILES string of the molecule is COC1CN(CC[C@@H]2Cc3ccccc3CN2C(=O)c2cc3c(cc2-c2cc(C(=O)N(c4ccccc4)c4ccc(O)cc4)c4n2CCCC4)OCO3)C1. The number of carbonyl (C=O) groups is 2. The zero-order valence-electron chi connectivity index (χ0n) is 30.4. The molecule has 2 amide bonds. The maximum Gasteiger partial charge on any atom is 0.264 e. The van der Waals surface area contributed by atoms with E-state index in [2.05, 4.69) is 27.7 Å². The van der Waals surface area contributed by atoms with Crippen LogP contribution in [0, 0.1) is 0 Å². The number of phenols is 1. The number of phenolic OH excluding ortho intramolecular Hbond substituents is 1. The molecule has 9 rings (SSSR count). The Hall–Kier alpha value is -5.58. The van der Waals surface area contributed by atoms with E-state index in [0.29, 0.717) is 34.9 Å². The second kappa shape index (κ2) is 14.3. The Morgan fingerprint density at radius 2 is 1.57 bits per heavy atom. The van der Waals surface area contributed by atoms with E-state index in [1.54, 1.807) is 36.3 Å². The minimum atomic E-state index is -0.174. The van der Waals surface area contributed by atoms with Gasteiger partial charge in [-0.05, 0) is 97.8 Å². The molecule has 0 saturated carbocycles. The Labute approximate surface area is 315 Å². The second-order valence-electron chi connectivity index (χ2n) is 14.7. The van der Waals surface area contributed by atoms with Crippen LogP contribution in [0.15, 0.2) is 97.1 Å². The van der Waals surface area contributed by atoms with Crippen molar-refractivity contribution in [2.45, 2.75) is 57.3 Å². The number of methoxy groups -OCH3 is 1. The molecule has 5 heterocycles. The van der Waals surface area contributed by atoms with Crippen LogP contribution in [0.4, 0.5) is 11.4 Å². The van der Waals surface area contributed by atoms with Gasteiger partial charge in [0.15, 0.2) is 11.5 Å². The number of amides is 2. The van der Waals surface area contributed by atoms with Crippen LogP contribution in [-0.4, -0.2) is 77.0 Å². The fourth-order valence-electron chi connectivity index (χ4n) is 8.52. The van der Waals surface area contributed by atoms with Gasteiger partial charge in [-0.3, -0.25) is 19.4 Å². The highest BCUT2D eigenvalue weighted by atomic mass is 16.7.